The van der Waals surface area contributed by atoms with E-state index in [1.165, 1.54) is 11.3 Å². The average Bonchev–Trinajstić information content (AvgIpc) is 3.03. The number of nitrogens with zero attached hydrogens (tertiary/aromatic N) is 3. The molecule has 8 heteroatoms. The van der Waals surface area contributed by atoms with Gasteiger partial charge in [-0.15, -0.1) is 11.3 Å². The van der Waals surface area contributed by atoms with Crippen molar-refractivity contribution in [2.24, 2.45) is 0 Å². The summed E-state index contributed by atoms with van der Waals surface area (Å²) < 4.78 is 6.70. The lowest BCUT2D eigenvalue weighted by Crippen LogP contribution is -1.97. The van der Waals surface area contributed by atoms with E-state index in [0.29, 0.717) is 33.0 Å². The molecule has 0 amide bonds. The zero-order valence-electron chi connectivity index (χ0n) is 14.7. The number of thiazole rings is 1. The predicted octanol–water partition coefficient (Wildman–Crippen LogP) is 6.87. The molecule has 0 aliphatic rings. The van der Waals surface area contributed by atoms with Gasteiger partial charge in [0.05, 0.1) is 22.3 Å². The Hall–Kier alpha value is -2.66. The summed E-state index contributed by atoms with van der Waals surface area (Å²) in [5.41, 5.74) is 1.32. The van der Waals surface area contributed by atoms with Crippen molar-refractivity contribution in [3.8, 4) is 17.6 Å². The van der Waals surface area contributed by atoms with Crippen LogP contribution in [0, 0.1) is 18.3 Å². The molecule has 0 saturated carbocycles. The van der Waals surface area contributed by atoms with Crippen LogP contribution >= 0.6 is 38.9 Å². The van der Waals surface area contributed by atoms with Gasteiger partial charge in [0.15, 0.2) is 16.7 Å². The van der Waals surface area contributed by atoms with Crippen molar-refractivity contribution < 1.29 is 4.74 Å². The highest BCUT2D eigenvalue weighted by atomic mass is 79.9. The van der Waals surface area contributed by atoms with Gasteiger partial charge < -0.3 is 10.1 Å². The summed E-state index contributed by atoms with van der Waals surface area (Å²) in [4.78, 5) is 10.0. The van der Waals surface area contributed by atoms with Crippen LogP contribution in [0.2, 0.25) is 5.02 Å². The number of benzene rings is 1. The van der Waals surface area contributed by atoms with Crippen molar-refractivity contribution in [3.63, 3.8) is 0 Å². The molecular weight excluding hydrogens is 460 g/mol. The smallest absolute Gasteiger partial charge is 0.189 e. The van der Waals surface area contributed by atoms with Gasteiger partial charge in [-0.25, -0.2) is 9.97 Å². The molecule has 0 aliphatic heterocycles. The van der Waals surface area contributed by atoms with E-state index in [9.17, 15) is 0 Å². The summed E-state index contributed by atoms with van der Waals surface area (Å²) in [6.45, 7) is 5.67. The summed E-state index contributed by atoms with van der Waals surface area (Å²) >= 11 is 11.1. The average molecular weight is 474 g/mol. The Morgan fingerprint density at radius 3 is 2.89 bits per heavy atom. The monoisotopic (exact) mass is 472 g/mol. The maximum atomic E-state index is 8.97. The fraction of sp³-hybridized carbons (Fsp3) is 0.0500. The Kier molecular flexibility index (Phi) is 6.47. The number of aryl methyl sites for hydroxylation is 1. The second-order valence-corrected chi connectivity index (χ2v) is 8.07. The Bertz CT molecular complexity index is 1100. The van der Waals surface area contributed by atoms with E-state index in [-0.39, 0.29) is 0 Å². The molecule has 1 aromatic carbocycles. The molecule has 3 aromatic rings. The predicted molar refractivity (Wildman–Crippen MR) is 118 cm³/mol. The van der Waals surface area contributed by atoms with Crippen LogP contribution in [0.1, 0.15) is 16.1 Å². The Morgan fingerprint density at radius 2 is 2.18 bits per heavy atom. The third-order valence-electron chi connectivity index (χ3n) is 3.55. The van der Waals surface area contributed by atoms with Crippen molar-refractivity contribution in [2.45, 2.75) is 6.92 Å². The lowest BCUT2D eigenvalue weighted by molar-refractivity contribution is 0.482. The molecule has 3 rings (SSSR count). The van der Waals surface area contributed by atoms with Crippen LogP contribution in [-0.2, 0) is 0 Å². The molecule has 28 heavy (non-hydrogen) atoms. The van der Waals surface area contributed by atoms with E-state index in [2.05, 4.69) is 37.8 Å². The van der Waals surface area contributed by atoms with E-state index in [1.54, 1.807) is 36.5 Å². The van der Waals surface area contributed by atoms with Gasteiger partial charge in [-0.3, -0.25) is 0 Å². The molecule has 1 N–H and O–H groups in total. The van der Waals surface area contributed by atoms with E-state index in [4.69, 9.17) is 21.6 Å². The van der Waals surface area contributed by atoms with Crippen LogP contribution in [-0.4, -0.2) is 9.97 Å². The van der Waals surface area contributed by atoms with Crippen LogP contribution in [0.3, 0.4) is 0 Å². The normalized spacial score (nSPS) is 10.6. The van der Waals surface area contributed by atoms with Gasteiger partial charge in [0.1, 0.15) is 5.75 Å². The number of allylic oxidation sites excluding steroid dienone is 2. The standard InChI is InChI=1S/C20H14BrClN4OS/c1-3-4-5-16-12(2)28-20(25-16)26-19-18(9-14(21)11-24-19)27-17-7-6-13(10-23)8-15(17)22/h3-9,11H,1H2,2H3,(H,24,25,26)/b5-4-. The number of rotatable bonds is 6. The minimum absolute atomic E-state index is 0.340. The van der Waals surface area contributed by atoms with Gasteiger partial charge in [-0.05, 0) is 47.1 Å². The Labute approximate surface area is 180 Å². The largest absolute Gasteiger partial charge is 0.452 e. The van der Waals surface area contributed by atoms with Crippen molar-refractivity contribution in [3.05, 3.63) is 74.8 Å². The molecule has 0 unspecified atom stereocenters. The lowest BCUT2D eigenvalue weighted by Gasteiger charge is -2.12. The number of halogens is 2. The first-order valence-electron chi connectivity index (χ1n) is 8.06. The molecule has 5 nitrogen and oxygen atoms in total. The summed E-state index contributed by atoms with van der Waals surface area (Å²) in [6.07, 6.45) is 7.10. The maximum absolute atomic E-state index is 8.97. The molecule has 0 bridgehead atoms. The van der Waals surface area contributed by atoms with Crippen LogP contribution in [0.4, 0.5) is 10.9 Å². The number of nitrogens with one attached hydrogen (secondary N) is 1. The molecule has 0 atom stereocenters. The number of anilines is 2. The number of hydrogen-bond donors (Lipinski definition) is 1. The quantitative estimate of drug-likeness (QED) is 0.396. The third-order valence-corrected chi connectivity index (χ3v) is 5.18. The highest BCUT2D eigenvalue weighted by Crippen LogP contribution is 2.36. The van der Waals surface area contributed by atoms with E-state index in [1.807, 2.05) is 25.1 Å². The number of aromatic nitrogens is 2. The minimum Gasteiger partial charge on any atom is -0.452 e. The van der Waals surface area contributed by atoms with Gasteiger partial charge in [-0.2, -0.15) is 5.26 Å². The second-order valence-electron chi connectivity index (χ2n) is 5.54. The highest BCUT2D eigenvalue weighted by molar-refractivity contribution is 9.10. The molecule has 0 aliphatic carbocycles. The Morgan fingerprint density at radius 1 is 1.36 bits per heavy atom. The van der Waals surface area contributed by atoms with Crippen molar-refractivity contribution >= 4 is 55.9 Å². The summed E-state index contributed by atoms with van der Waals surface area (Å²) in [7, 11) is 0. The van der Waals surface area contributed by atoms with Crippen LogP contribution in [0.5, 0.6) is 11.5 Å². The fourth-order valence-corrected chi connectivity index (χ4v) is 3.57. The molecule has 0 radical (unpaired) electrons. The molecule has 0 spiro atoms. The molecule has 2 heterocycles. The fourth-order valence-electron chi connectivity index (χ4n) is 2.24. The van der Waals surface area contributed by atoms with Crippen LogP contribution in [0.15, 0.2) is 53.7 Å². The van der Waals surface area contributed by atoms with E-state index >= 15 is 0 Å². The summed E-state index contributed by atoms with van der Waals surface area (Å²) in [5, 5.41) is 13.2. The molecular formula is C20H14BrClN4OS. The Balaban J connectivity index is 1.90. The highest BCUT2D eigenvalue weighted by Gasteiger charge is 2.13. The molecule has 140 valence electrons. The first-order valence-corrected chi connectivity index (χ1v) is 10.1. The molecule has 0 saturated heterocycles. The van der Waals surface area contributed by atoms with Crippen molar-refractivity contribution in [1.29, 1.82) is 5.26 Å². The zero-order valence-corrected chi connectivity index (χ0v) is 17.9. The van der Waals surface area contributed by atoms with Gasteiger partial charge in [-0.1, -0.05) is 30.3 Å². The van der Waals surface area contributed by atoms with Crippen molar-refractivity contribution in [1.82, 2.24) is 9.97 Å². The van der Waals surface area contributed by atoms with Crippen molar-refractivity contribution in [2.75, 3.05) is 5.32 Å². The lowest BCUT2D eigenvalue weighted by atomic mass is 10.2. The van der Waals surface area contributed by atoms with E-state index in [0.717, 1.165) is 15.0 Å². The van der Waals surface area contributed by atoms with Gasteiger partial charge >= 0.3 is 0 Å². The SMILES string of the molecule is C=C/C=C\c1nc(Nc2ncc(Br)cc2Oc2ccc(C#N)cc2Cl)sc1C. The number of pyridine rings is 1. The second kappa shape index (κ2) is 9.02. The van der Waals surface area contributed by atoms with Crippen LogP contribution < -0.4 is 10.1 Å². The summed E-state index contributed by atoms with van der Waals surface area (Å²) in [5.74, 6) is 1.39. The number of nitriles is 1. The molecule has 0 fully saturated rings. The van der Waals surface area contributed by atoms with Gasteiger partial charge in [0.2, 0.25) is 0 Å². The van der Waals surface area contributed by atoms with E-state index < -0.39 is 0 Å². The third kappa shape index (κ3) is 4.78. The summed E-state index contributed by atoms with van der Waals surface area (Å²) in [6, 6.07) is 8.67. The first kappa shape index (κ1) is 20.1. The van der Waals surface area contributed by atoms with Crippen LogP contribution in [0.25, 0.3) is 6.08 Å². The maximum Gasteiger partial charge on any atom is 0.189 e. The molecule has 2 aromatic heterocycles. The number of ether oxygens (including phenoxy) is 1. The first-order chi connectivity index (χ1) is 13.5. The minimum atomic E-state index is 0.340. The topological polar surface area (TPSA) is 70.8 Å². The van der Waals surface area contributed by atoms with Gasteiger partial charge in [0.25, 0.3) is 0 Å². The zero-order chi connectivity index (χ0) is 20.1. The number of hydrogen-bond acceptors (Lipinski definition) is 6. The van der Waals surface area contributed by atoms with Gasteiger partial charge in [0, 0.05) is 21.6 Å².